The van der Waals surface area contributed by atoms with Gasteiger partial charge in [-0.25, -0.2) is 4.98 Å². The first-order valence-electron chi connectivity index (χ1n) is 6.48. The Morgan fingerprint density at radius 3 is 2.94 bits per heavy atom. The molecule has 0 aliphatic heterocycles. The summed E-state index contributed by atoms with van der Waals surface area (Å²) in [5, 5.41) is 3.43. The molecule has 16 heavy (non-hydrogen) atoms. The fourth-order valence-electron chi connectivity index (χ4n) is 2.11. The standard InChI is InChI=1S/C13H23N3/c1-4-5-6-14-13-15-11(3)8-16(13)9-12-7-10(12)2/h8,10,12H,4-7,9H2,1-3H3,(H,14,15). The van der Waals surface area contributed by atoms with Crippen LogP contribution in [0, 0.1) is 18.8 Å². The summed E-state index contributed by atoms with van der Waals surface area (Å²) in [5.74, 6) is 2.84. The van der Waals surface area contributed by atoms with Crippen molar-refractivity contribution in [3.63, 3.8) is 0 Å². The summed E-state index contributed by atoms with van der Waals surface area (Å²) in [7, 11) is 0. The summed E-state index contributed by atoms with van der Waals surface area (Å²) >= 11 is 0. The number of nitrogens with one attached hydrogen (secondary N) is 1. The highest BCUT2D eigenvalue weighted by Crippen LogP contribution is 2.39. The van der Waals surface area contributed by atoms with E-state index in [2.05, 4.69) is 41.8 Å². The quantitative estimate of drug-likeness (QED) is 0.748. The van der Waals surface area contributed by atoms with Crippen LogP contribution in [0.3, 0.4) is 0 Å². The van der Waals surface area contributed by atoms with Gasteiger partial charge < -0.3 is 9.88 Å². The van der Waals surface area contributed by atoms with Gasteiger partial charge in [-0.1, -0.05) is 20.3 Å². The van der Waals surface area contributed by atoms with Crippen LogP contribution in [0.5, 0.6) is 0 Å². The smallest absolute Gasteiger partial charge is 0.203 e. The van der Waals surface area contributed by atoms with E-state index in [0.29, 0.717) is 0 Å². The molecule has 1 aliphatic carbocycles. The van der Waals surface area contributed by atoms with Crippen LogP contribution in [0.2, 0.25) is 0 Å². The molecule has 2 atom stereocenters. The van der Waals surface area contributed by atoms with Gasteiger partial charge in [0, 0.05) is 19.3 Å². The van der Waals surface area contributed by atoms with Crippen molar-refractivity contribution >= 4 is 5.95 Å². The van der Waals surface area contributed by atoms with Crippen molar-refractivity contribution in [2.75, 3.05) is 11.9 Å². The lowest BCUT2D eigenvalue weighted by Crippen LogP contribution is -2.09. The second-order valence-electron chi connectivity index (χ2n) is 5.11. The van der Waals surface area contributed by atoms with Crippen molar-refractivity contribution in [2.24, 2.45) is 11.8 Å². The first-order chi connectivity index (χ1) is 7.70. The maximum absolute atomic E-state index is 4.54. The number of aromatic nitrogens is 2. The van der Waals surface area contributed by atoms with Crippen molar-refractivity contribution in [3.05, 3.63) is 11.9 Å². The Bertz CT molecular complexity index is 343. The van der Waals surface area contributed by atoms with Crippen molar-refractivity contribution in [1.82, 2.24) is 9.55 Å². The lowest BCUT2D eigenvalue weighted by atomic mass is 10.3. The number of nitrogens with zero attached hydrogens (tertiary/aromatic N) is 2. The Hall–Kier alpha value is -0.990. The Morgan fingerprint density at radius 1 is 1.56 bits per heavy atom. The first-order valence-corrected chi connectivity index (χ1v) is 6.48. The molecule has 0 amide bonds. The normalized spacial score (nSPS) is 23.4. The van der Waals surface area contributed by atoms with Gasteiger partial charge in [-0.15, -0.1) is 0 Å². The minimum atomic E-state index is 0.875. The number of imidazole rings is 1. The maximum Gasteiger partial charge on any atom is 0.203 e. The lowest BCUT2D eigenvalue weighted by Gasteiger charge is -2.08. The molecular formula is C13H23N3. The van der Waals surface area contributed by atoms with E-state index in [4.69, 9.17) is 0 Å². The average Bonchev–Trinajstić information content (AvgIpc) is 2.80. The zero-order chi connectivity index (χ0) is 11.5. The number of aryl methyl sites for hydroxylation is 1. The molecule has 2 unspecified atom stereocenters. The van der Waals surface area contributed by atoms with Crippen molar-refractivity contribution < 1.29 is 0 Å². The van der Waals surface area contributed by atoms with Crippen molar-refractivity contribution in [2.45, 2.75) is 46.6 Å². The van der Waals surface area contributed by atoms with Gasteiger partial charge in [-0.2, -0.15) is 0 Å². The SMILES string of the molecule is CCCCNc1nc(C)cn1CC1CC1C. The van der Waals surface area contributed by atoms with Gasteiger partial charge in [0.1, 0.15) is 0 Å². The van der Waals surface area contributed by atoms with E-state index in [0.717, 1.165) is 36.6 Å². The van der Waals surface area contributed by atoms with Gasteiger partial charge in [0.05, 0.1) is 5.69 Å². The molecule has 90 valence electrons. The molecule has 0 spiro atoms. The largest absolute Gasteiger partial charge is 0.356 e. The molecule has 1 fully saturated rings. The highest BCUT2D eigenvalue weighted by atomic mass is 15.2. The minimum Gasteiger partial charge on any atom is -0.356 e. The molecule has 1 aliphatic rings. The summed E-state index contributed by atoms with van der Waals surface area (Å²) < 4.78 is 2.29. The molecule has 1 saturated carbocycles. The van der Waals surface area contributed by atoms with Crippen molar-refractivity contribution in [3.8, 4) is 0 Å². The van der Waals surface area contributed by atoms with Gasteiger partial charge in [-0.05, 0) is 31.6 Å². The van der Waals surface area contributed by atoms with E-state index in [9.17, 15) is 0 Å². The van der Waals surface area contributed by atoms with Crippen LogP contribution >= 0.6 is 0 Å². The fraction of sp³-hybridized carbons (Fsp3) is 0.769. The zero-order valence-corrected chi connectivity index (χ0v) is 10.7. The Balaban J connectivity index is 1.93. The summed E-state index contributed by atoms with van der Waals surface area (Å²) in [5.41, 5.74) is 1.12. The van der Waals surface area contributed by atoms with E-state index in [-0.39, 0.29) is 0 Å². The molecule has 1 aromatic heterocycles. The Morgan fingerprint density at radius 2 is 2.31 bits per heavy atom. The summed E-state index contributed by atoms with van der Waals surface area (Å²) in [4.78, 5) is 4.54. The number of unbranched alkanes of at least 4 members (excludes halogenated alkanes) is 1. The molecule has 1 N–H and O–H groups in total. The topological polar surface area (TPSA) is 29.9 Å². The third kappa shape index (κ3) is 2.77. The highest BCUT2D eigenvalue weighted by Gasteiger charge is 2.33. The van der Waals surface area contributed by atoms with E-state index in [1.807, 2.05) is 0 Å². The molecule has 0 aromatic carbocycles. The van der Waals surface area contributed by atoms with Gasteiger partial charge in [0.2, 0.25) is 5.95 Å². The molecule has 2 rings (SSSR count). The highest BCUT2D eigenvalue weighted by molar-refractivity contribution is 5.28. The third-order valence-corrected chi connectivity index (χ3v) is 3.42. The minimum absolute atomic E-state index is 0.875. The fourth-order valence-corrected chi connectivity index (χ4v) is 2.11. The number of rotatable bonds is 6. The van der Waals surface area contributed by atoms with E-state index < -0.39 is 0 Å². The predicted octanol–water partition coefficient (Wildman–Crippen LogP) is 3.06. The summed E-state index contributed by atoms with van der Waals surface area (Å²) in [6.07, 6.45) is 5.99. The summed E-state index contributed by atoms with van der Waals surface area (Å²) in [6.45, 7) is 8.78. The molecule has 1 aromatic rings. The van der Waals surface area contributed by atoms with Crippen LogP contribution in [0.4, 0.5) is 5.95 Å². The molecule has 1 heterocycles. The Labute approximate surface area is 98.3 Å². The lowest BCUT2D eigenvalue weighted by molar-refractivity contribution is 0.596. The van der Waals surface area contributed by atoms with Gasteiger partial charge in [0.15, 0.2) is 0 Å². The van der Waals surface area contributed by atoms with E-state index >= 15 is 0 Å². The second-order valence-corrected chi connectivity index (χ2v) is 5.11. The molecular weight excluding hydrogens is 198 g/mol. The van der Waals surface area contributed by atoms with Gasteiger partial charge in [0.25, 0.3) is 0 Å². The van der Waals surface area contributed by atoms with Crippen molar-refractivity contribution in [1.29, 1.82) is 0 Å². The summed E-state index contributed by atoms with van der Waals surface area (Å²) in [6, 6.07) is 0. The van der Waals surface area contributed by atoms with Gasteiger partial charge >= 0.3 is 0 Å². The molecule has 0 bridgehead atoms. The van der Waals surface area contributed by atoms with Crippen LogP contribution in [0.1, 0.15) is 38.8 Å². The molecule has 3 nitrogen and oxygen atoms in total. The molecule has 0 radical (unpaired) electrons. The maximum atomic E-state index is 4.54. The molecule has 0 saturated heterocycles. The van der Waals surface area contributed by atoms with Crippen LogP contribution < -0.4 is 5.32 Å². The number of hydrogen-bond donors (Lipinski definition) is 1. The monoisotopic (exact) mass is 221 g/mol. The third-order valence-electron chi connectivity index (χ3n) is 3.42. The first kappa shape index (κ1) is 11.5. The van der Waals surface area contributed by atoms with E-state index in [1.54, 1.807) is 0 Å². The predicted molar refractivity (Wildman–Crippen MR) is 67.6 cm³/mol. The number of anilines is 1. The molecule has 3 heteroatoms. The number of hydrogen-bond acceptors (Lipinski definition) is 2. The second kappa shape index (κ2) is 4.89. The van der Waals surface area contributed by atoms with Crippen LogP contribution in [-0.4, -0.2) is 16.1 Å². The van der Waals surface area contributed by atoms with Crippen LogP contribution in [0.25, 0.3) is 0 Å². The van der Waals surface area contributed by atoms with Gasteiger partial charge in [-0.3, -0.25) is 0 Å². The average molecular weight is 221 g/mol. The van der Waals surface area contributed by atoms with Crippen LogP contribution in [0.15, 0.2) is 6.20 Å². The Kier molecular flexibility index (Phi) is 3.52. The van der Waals surface area contributed by atoms with Crippen LogP contribution in [-0.2, 0) is 6.54 Å². The zero-order valence-electron chi connectivity index (χ0n) is 10.7. The van der Waals surface area contributed by atoms with E-state index in [1.165, 1.54) is 19.3 Å².